The predicted octanol–water partition coefficient (Wildman–Crippen LogP) is 1.78. The van der Waals surface area contributed by atoms with E-state index in [0.29, 0.717) is 12.4 Å². The molecular formula is C17H19N3O5S. The molecule has 2 amide bonds. The molecule has 3 N–H and O–H groups in total. The van der Waals surface area contributed by atoms with E-state index >= 15 is 0 Å². The average molecular weight is 377 g/mol. The zero-order valence-electron chi connectivity index (χ0n) is 14.1. The Morgan fingerprint density at radius 1 is 1.08 bits per heavy atom. The second-order valence-electron chi connectivity index (χ2n) is 5.04. The number of benzene rings is 1. The summed E-state index contributed by atoms with van der Waals surface area (Å²) in [5, 5.41) is 2.28. The number of rotatable bonds is 7. The van der Waals surface area contributed by atoms with Crippen LogP contribution in [0.4, 0.5) is 0 Å². The number of amides is 2. The second-order valence-corrected chi connectivity index (χ2v) is 5.45. The number of carbonyl (C=O) groups excluding carboxylic acids is 2. The predicted molar refractivity (Wildman–Crippen MR) is 97.8 cm³/mol. The third-order valence-corrected chi connectivity index (χ3v) is 3.16. The molecular weight excluding hydrogens is 358 g/mol. The highest BCUT2D eigenvalue weighted by Gasteiger charge is 2.10. The first-order valence-corrected chi connectivity index (χ1v) is 8.28. The summed E-state index contributed by atoms with van der Waals surface area (Å²) < 4.78 is 15.7. The minimum Gasteiger partial charge on any atom is -0.494 e. The lowest BCUT2D eigenvalue weighted by Crippen LogP contribution is -2.49. The van der Waals surface area contributed by atoms with Gasteiger partial charge in [-0.05, 0) is 55.0 Å². The Balaban J connectivity index is 1.66. The zero-order chi connectivity index (χ0) is 18.8. The summed E-state index contributed by atoms with van der Waals surface area (Å²) in [6.45, 7) is 2.44. The molecule has 0 spiro atoms. The first kappa shape index (κ1) is 19.3. The van der Waals surface area contributed by atoms with Gasteiger partial charge < -0.3 is 13.9 Å². The van der Waals surface area contributed by atoms with Crippen molar-refractivity contribution in [2.45, 2.75) is 13.3 Å². The van der Waals surface area contributed by atoms with Crippen LogP contribution in [0.3, 0.4) is 0 Å². The molecule has 0 saturated carbocycles. The van der Waals surface area contributed by atoms with Crippen molar-refractivity contribution in [3.63, 3.8) is 0 Å². The SMILES string of the molecule is CCCOc1ccc(OCC(=O)NNC(=S)NC(=O)c2ccco2)cc1. The molecule has 1 aromatic carbocycles. The molecule has 0 aliphatic rings. The molecule has 8 nitrogen and oxygen atoms in total. The summed E-state index contributed by atoms with van der Waals surface area (Å²) in [5.74, 6) is 0.380. The van der Waals surface area contributed by atoms with Crippen LogP contribution in [0.5, 0.6) is 11.5 Å². The molecule has 138 valence electrons. The Kier molecular flexibility index (Phi) is 7.44. The van der Waals surface area contributed by atoms with E-state index in [1.807, 2.05) is 6.92 Å². The summed E-state index contributed by atoms with van der Waals surface area (Å²) >= 11 is 4.90. The Labute approximate surface area is 155 Å². The summed E-state index contributed by atoms with van der Waals surface area (Å²) in [6.07, 6.45) is 2.29. The van der Waals surface area contributed by atoms with Gasteiger partial charge in [-0.25, -0.2) is 0 Å². The van der Waals surface area contributed by atoms with Crippen LogP contribution in [0, 0.1) is 0 Å². The van der Waals surface area contributed by atoms with Crippen molar-refractivity contribution < 1.29 is 23.5 Å². The van der Waals surface area contributed by atoms with Crippen LogP contribution in [0.25, 0.3) is 0 Å². The van der Waals surface area contributed by atoms with E-state index in [2.05, 4.69) is 16.2 Å². The van der Waals surface area contributed by atoms with Crippen molar-refractivity contribution in [1.82, 2.24) is 16.2 Å². The van der Waals surface area contributed by atoms with Gasteiger partial charge in [-0.1, -0.05) is 6.92 Å². The molecule has 0 saturated heterocycles. The van der Waals surface area contributed by atoms with Gasteiger partial charge >= 0.3 is 0 Å². The van der Waals surface area contributed by atoms with Gasteiger partial charge in [0.25, 0.3) is 11.8 Å². The monoisotopic (exact) mass is 377 g/mol. The smallest absolute Gasteiger partial charge is 0.293 e. The number of carbonyl (C=O) groups is 2. The van der Waals surface area contributed by atoms with Crippen LogP contribution in [0.1, 0.15) is 23.9 Å². The van der Waals surface area contributed by atoms with Crippen LogP contribution < -0.4 is 25.6 Å². The van der Waals surface area contributed by atoms with Gasteiger partial charge in [0.2, 0.25) is 0 Å². The highest BCUT2D eigenvalue weighted by molar-refractivity contribution is 7.80. The van der Waals surface area contributed by atoms with Crippen LogP contribution in [0.2, 0.25) is 0 Å². The Hall–Kier alpha value is -3.07. The Bertz CT molecular complexity index is 731. The van der Waals surface area contributed by atoms with E-state index in [0.717, 1.165) is 12.2 Å². The molecule has 0 aliphatic heterocycles. The van der Waals surface area contributed by atoms with Crippen molar-refractivity contribution in [1.29, 1.82) is 0 Å². The normalized spacial score (nSPS) is 9.88. The van der Waals surface area contributed by atoms with E-state index in [1.54, 1.807) is 30.3 Å². The quantitative estimate of drug-likeness (QED) is 0.499. The Morgan fingerprint density at radius 2 is 1.77 bits per heavy atom. The maximum absolute atomic E-state index is 11.7. The van der Waals surface area contributed by atoms with Crippen molar-refractivity contribution in [3.05, 3.63) is 48.4 Å². The number of hydrazine groups is 1. The topological polar surface area (TPSA) is 102 Å². The minimum absolute atomic E-state index is 0.0721. The number of nitrogens with one attached hydrogen (secondary N) is 3. The van der Waals surface area contributed by atoms with E-state index in [-0.39, 0.29) is 17.5 Å². The summed E-state index contributed by atoms with van der Waals surface area (Å²) in [7, 11) is 0. The molecule has 0 unspecified atom stereocenters. The number of hydrogen-bond acceptors (Lipinski definition) is 6. The van der Waals surface area contributed by atoms with E-state index in [4.69, 9.17) is 26.1 Å². The fraction of sp³-hybridized carbons (Fsp3) is 0.235. The van der Waals surface area contributed by atoms with Crippen LogP contribution >= 0.6 is 12.2 Å². The van der Waals surface area contributed by atoms with Gasteiger partial charge in [0, 0.05) is 0 Å². The molecule has 2 aromatic rings. The summed E-state index contributed by atoms with van der Waals surface area (Å²) in [4.78, 5) is 23.4. The van der Waals surface area contributed by atoms with Crippen molar-refractivity contribution in [3.8, 4) is 11.5 Å². The maximum atomic E-state index is 11.7. The Morgan fingerprint density at radius 3 is 2.38 bits per heavy atom. The number of ether oxygens (including phenoxy) is 2. The lowest BCUT2D eigenvalue weighted by molar-refractivity contribution is -0.123. The van der Waals surface area contributed by atoms with Crippen molar-refractivity contribution >= 4 is 29.1 Å². The van der Waals surface area contributed by atoms with E-state index < -0.39 is 11.8 Å². The van der Waals surface area contributed by atoms with Crippen LogP contribution in [-0.4, -0.2) is 30.1 Å². The molecule has 1 heterocycles. The number of thiocarbonyl (C=S) groups is 1. The first-order valence-electron chi connectivity index (χ1n) is 7.88. The van der Waals surface area contributed by atoms with E-state index in [1.165, 1.54) is 12.3 Å². The van der Waals surface area contributed by atoms with Gasteiger partial charge in [-0.2, -0.15) is 0 Å². The molecule has 0 bridgehead atoms. The molecule has 0 fully saturated rings. The summed E-state index contributed by atoms with van der Waals surface area (Å²) in [5.41, 5.74) is 4.72. The third-order valence-electron chi connectivity index (χ3n) is 2.95. The lowest BCUT2D eigenvalue weighted by Gasteiger charge is -2.11. The zero-order valence-corrected chi connectivity index (χ0v) is 14.9. The highest BCUT2D eigenvalue weighted by Crippen LogP contribution is 2.17. The van der Waals surface area contributed by atoms with Gasteiger partial charge in [-0.3, -0.25) is 25.8 Å². The fourth-order valence-corrected chi connectivity index (χ4v) is 1.91. The van der Waals surface area contributed by atoms with Gasteiger partial charge in [0.05, 0.1) is 12.9 Å². The molecule has 1 aromatic heterocycles. The van der Waals surface area contributed by atoms with Gasteiger partial charge in [-0.15, -0.1) is 0 Å². The average Bonchev–Trinajstić information content (AvgIpc) is 3.18. The molecule has 2 rings (SSSR count). The first-order chi connectivity index (χ1) is 12.6. The van der Waals surface area contributed by atoms with Gasteiger partial charge in [0.1, 0.15) is 11.5 Å². The standard InChI is InChI=1S/C17H19N3O5S/c1-2-9-23-12-5-7-13(8-6-12)25-11-15(21)19-20-17(26)18-16(22)14-4-3-10-24-14/h3-8,10H,2,9,11H2,1H3,(H,19,21)(H2,18,20,22,26). The molecule has 0 aliphatic carbocycles. The van der Waals surface area contributed by atoms with Gasteiger partial charge in [0.15, 0.2) is 17.5 Å². The minimum atomic E-state index is -0.525. The maximum Gasteiger partial charge on any atom is 0.293 e. The molecule has 26 heavy (non-hydrogen) atoms. The molecule has 0 radical (unpaired) electrons. The third kappa shape index (κ3) is 6.44. The lowest BCUT2D eigenvalue weighted by atomic mass is 10.3. The molecule has 0 atom stereocenters. The van der Waals surface area contributed by atoms with Crippen LogP contribution in [0.15, 0.2) is 47.1 Å². The summed E-state index contributed by atoms with van der Waals surface area (Å²) in [6, 6.07) is 10.0. The second kappa shape index (κ2) is 10.0. The van der Waals surface area contributed by atoms with Crippen molar-refractivity contribution in [2.75, 3.05) is 13.2 Å². The number of hydrogen-bond donors (Lipinski definition) is 3. The number of furan rings is 1. The fourth-order valence-electron chi connectivity index (χ4n) is 1.77. The highest BCUT2D eigenvalue weighted by atomic mass is 32.1. The van der Waals surface area contributed by atoms with Crippen LogP contribution in [-0.2, 0) is 4.79 Å². The van der Waals surface area contributed by atoms with E-state index in [9.17, 15) is 9.59 Å². The molecule has 9 heteroatoms. The van der Waals surface area contributed by atoms with Crippen molar-refractivity contribution in [2.24, 2.45) is 0 Å². The largest absolute Gasteiger partial charge is 0.494 e.